The van der Waals surface area contributed by atoms with Crippen LogP contribution in [-0.4, -0.2) is 6.10 Å². The van der Waals surface area contributed by atoms with Gasteiger partial charge in [0, 0.05) is 0 Å². The van der Waals surface area contributed by atoms with E-state index < -0.39 is 6.10 Å². The largest absolute Gasteiger partial charge is 0.232 e. The summed E-state index contributed by atoms with van der Waals surface area (Å²) in [6.45, 7) is 6.90. The zero-order chi connectivity index (χ0) is 6.41. The van der Waals surface area contributed by atoms with Crippen LogP contribution in [0.4, 0.5) is 0 Å². The molecule has 0 aliphatic rings. The smallest absolute Gasteiger partial charge is 0.0998 e. The Morgan fingerprint density at radius 3 is 1.88 bits per heavy atom. The van der Waals surface area contributed by atoms with Crippen LogP contribution in [0.25, 0.3) is 0 Å². The Bertz CT molecular complexity index is 66.5. The van der Waals surface area contributed by atoms with Crippen LogP contribution in [0.2, 0.25) is 0 Å². The first kappa shape index (κ1) is 7.44. The minimum atomic E-state index is -0.523. The summed E-state index contributed by atoms with van der Waals surface area (Å²) in [6.07, 6.45) is 3.85. The minimum absolute atomic E-state index is 0.523. The van der Waals surface area contributed by atoms with Gasteiger partial charge in [-0.3, -0.25) is 0 Å². The summed E-state index contributed by atoms with van der Waals surface area (Å²) in [5, 5.41) is 10.6. The Morgan fingerprint density at radius 2 is 1.62 bits per heavy atom. The summed E-state index contributed by atoms with van der Waals surface area (Å²) in [5.41, 5.74) is 0. The molecule has 0 bridgehead atoms. The summed E-state index contributed by atoms with van der Waals surface area (Å²) in [5.74, 6) is 0. The fraction of sp³-hybridized carbons (Fsp3) is 0.429. The fourth-order valence-corrected chi connectivity index (χ4v) is 0.468. The average Bonchev–Trinajstić information content (AvgIpc) is 1.68. The average molecular weight is 111 g/mol. The second-order valence-corrected chi connectivity index (χ2v) is 1.67. The van der Waals surface area contributed by atoms with E-state index in [0.717, 1.165) is 0 Å². The zero-order valence-electron chi connectivity index (χ0n) is 4.97. The van der Waals surface area contributed by atoms with E-state index in [9.17, 15) is 5.11 Å². The maximum absolute atomic E-state index is 10.6. The lowest BCUT2D eigenvalue weighted by Crippen LogP contribution is -1.99. The molecule has 0 fully saturated rings. The van der Waals surface area contributed by atoms with E-state index in [-0.39, 0.29) is 0 Å². The van der Waals surface area contributed by atoms with E-state index >= 15 is 0 Å². The lowest BCUT2D eigenvalue weighted by Gasteiger charge is -1.97. The van der Waals surface area contributed by atoms with Crippen LogP contribution in [0.5, 0.6) is 0 Å². The van der Waals surface area contributed by atoms with Gasteiger partial charge in [0.1, 0.15) is 0 Å². The topological polar surface area (TPSA) is 19.9 Å². The van der Waals surface area contributed by atoms with E-state index in [1.807, 2.05) is 0 Å². The van der Waals surface area contributed by atoms with Crippen LogP contribution in [0.3, 0.4) is 0 Å². The maximum atomic E-state index is 10.6. The highest BCUT2D eigenvalue weighted by molar-refractivity contribution is 4.78. The molecule has 0 N–H and O–H groups in total. The third kappa shape index (κ3) is 3.62. The highest BCUT2D eigenvalue weighted by Gasteiger charge is 1.97. The summed E-state index contributed by atoms with van der Waals surface area (Å²) in [4.78, 5) is 0. The lowest BCUT2D eigenvalue weighted by molar-refractivity contribution is 0.0944. The van der Waals surface area contributed by atoms with E-state index in [1.54, 1.807) is 12.2 Å². The quantitative estimate of drug-likeness (QED) is 0.494. The van der Waals surface area contributed by atoms with Gasteiger partial charge in [0.15, 0.2) is 0 Å². The molecule has 1 radical (unpaired) electrons. The first-order chi connectivity index (χ1) is 3.81. The van der Waals surface area contributed by atoms with Gasteiger partial charge >= 0.3 is 0 Å². The molecule has 0 amide bonds. The molecule has 0 aromatic carbocycles. The first-order valence-corrected chi connectivity index (χ1v) is 2.69. The van der Waals surface area contributed by atoms with Gasteiger partial charge < -0.3 is 0 Å². The van der Waals surface area contributed by atoms with Gasteiger partial charge in [0.05, 0.1) is 6.10 Å². The van der Waals surface area contributed by atoms with Crippen molar-refractivity contribution in [3.63, 3.8) is 0 Å². The Labute approximate surface area is 50.3 Å². The van der Waals surface area contributed by atoms with Crippen LogP contribution in [0.1, 0.15) is 12.8 Å². The van der Waals surface area contributed by atoms with Gasteiger partial charge in [-0.25, -0.2) is 5.11 Å². The summed E-state index contributed by atoms with van der Waals surface area (Å²) >= 11 is 0. The molecule has 45 valence electrons. The molecule has 0 atom stereocenters. The molecule has 0 aromatic rings. The van der Waals surface area contributed by atoms with Gasteiger partial charge in [-0.15, -0.1) is 13.2 Å². The van der Waals surface area contributed by atoms with E-state index in [2.05, 4.69) is 13.2 Å². The SMILES string of the molecule is C=CCC([O])CC=C. The molecule has 0 heterocycles. The zero-order valence-corrected chi connectivity index (χ0v) is 4.97. The van der Waals surface area contributed by atoms with Crippen molar-refractivity contribution >= 4 is 0 Å². The van der Waals surface area contributed by atoms with Crippen molar-refractivity contribution in [2.24, 2.45) is 0 Å². The highest BCUT2D eigenvalue weighted by Crippen LogP contribution is 1.97. The van der Waals surface area contributed by atoms with Gasteiger partial charge in [0.25, 0.3) is 0 Å². The maximum Gasteiger partial charge on any atom is 0.0998 e. The van der Waals surface area contributed by atoms with Crippen LogP contribution in [0, 0.1) is 0 Å². The van der Waals surface area contributed by atoms with Crippen LogP contribution < -0.4 is 0 Å². The number of hydrogen-bond acceptors (Lipinski definition) is 0. The molecule has 0 aromatic heterocycles. The molecule has 8 heavy (non-hydrogen) atoms. The molecular weight excluding hydrogens is 100 g/mol. The van der Waals surface area contributed by atoms with Crippen molar-refractivity contribution in [3.05, 3.63) is 25.3 Å². The van der Waals surface area contributed by atoms with Crippen molar-refractivity contribution in [2.75, 3.05) is 0 Å². The third-order valence-electron chi connectivity index (χ3n) is 0.859. The van der Waals surface area contributed by atoms with Crippen molar-refractivity contribution in [2.45, 2.75) is 18.9 Å². The Kier molecular flexibility index (Phi) is 4.27. The molecule has 1 nitrogen and oxygen atoms in total. The van der Waals surface area contributed by atoms with Crippen LogP contribution in [0.15, 0.2) is 25.3 Å². The van der Waals surface area contributed by atoms with Crippen molar-refractivity contribution in [3.8, 4) is 0 Å². The predicted molar refractivity (Wildman–Crippen MR) is 34.1 cm³/mol. The number of hydrogen-bond donors (Lipinski definition) is 0. The van der Waals surface area contributed by atoms with Crippen molar-refractivity contribution in [1.82, 2.24) is 0 Å². The second kappa shape index (κ2) is 4.60. The molecule has 0 rings (SSSR count). The fourth-order valence-electron chi connectivity index (χ4n) is 0.468. The summed E-state index contributed by atoms with van der Waals surface area (Å²) in [6, 6.07) is 0. The molecule has 0 saturated heterocycles. The standard InChI is InChI=1S/C7H11O/c1-3-5-7(8)6-4-2/h3-4,7H,1-2,5-6H2. The molecular formula is C7H11O. The predicted octanol–water partition coefficient (Wildman–Crippen LogP) is 1.94. The van der Waals surface area contributed by atoms with Crippen molar-refractivity contribution < 1.29 is 5.11 Å². The summed E-state index contributed by atoms with van der Waals surface area (Å²) < 4.78 is 0. The molecule has 1 heteroatoms. The molecule has 0 aliphatic heterocycles. The van der Waals surface area contributed by atoms with E-state index in [0.29, 0.717) is 12.8 Å². The third-order valence-corrected chi connectivity index (χ3v) is 0.859. The highest BCUT2D eigenvalue weighted by atomic mass is 16.3. The minimum Gasteiger partial charge on any atom is -0.232 e. The molecule has 0 saturated carbocycles. The van der Waals surface area contributed by atoms with Gasteiger partial charge in [0.2, 0.25) is 0 Å². The van der Waals surface area contributed by atoms with Gasteiger partial charge in [-0.2, -0.15) is 0 Å². The Balaban J connectivity index is 3.16. The Morgan fingerprint density at radius 1 is 1.25 bits per heavy atom. The van der Waals surface area contributed by atoms with Gasteiger partial charge in [-0.1, -0.05) is 12.2 Å². The normalized spacial score (nSPS) is 9.25. The lowest BCUT2D eigenvalue weighted by atomic mass is 10.2. The van der Waals surface area contributed by atoms with Crippen LogP contribution >= 0.6 is 0 Å². The first-order valence-electron chi connectivity index (χ1n) is 2.69. The van der Waals surface area contributed by atoms with Crippen molar-refractivity contribution in [1.29, 1.82) is 0 Å². The molecule has 0 spiro atoms. The second-order valence-electron chi connectivity index (χ2n) is 1.67. The Hall–Kier alpha value is -0.560. The number of rotatable bonds is 4. The molecule has 0 unspecified atom stereocenters. The van der Waals surface area contributed by atoms with E-state index in [1.165, 1.54) is 0 Å². The van der Waals surface area contributed by atoms with Gasteiger partial charge in [-0.05, 0) is 12.8 Å². The monoisotopic (exact) mass is 111 g/mol. The van der Waals surface area contributed by atoms with E-state index in [4.69, 9.17) is 0 Å². The molecule has 0 aliphatic carbocycles. The summed E-state index contributed by atoms with van der Waals surface area (Å²) in [7, 11) is 0. The van der Waals surface area contributed by atoms with Crippen LogP contribution in [-0.2, 0) is 5.11 Å².